The lowest BCUT2D eigenvalue weighted by Gasteiger charge is -2.16. The molecule has 2 aromatic heterocycles. The van der Waals surface area contributed by atoms with Crippen molar-refractivity contribution in [3.63, 3.8) is 0 Å². The van der Waals surface area contributed by atoms with E-state index in [9.17, 15) is 0 Å². The van der Waals surface area contributed by atoms with Crippen LogP contribution in [0.5, 0.6) is 5.88 Å². The number of benzene rings is 2. The molecule has 0 aliphatic carbocycles. The van der Waals surface area contributed by atoms with Crippen molar-refractivity contribution in [1.82, 2.24) is 15.3 Å². The Bertz CT molecular complexity index is 1460. The number of rotatable bonds is 12. The fourth-order valence-electron chi connectivity index (χ4n) is 4.62. The van der Waals surface area contributed by atoms with Gasteiger partial charge in [-0.15, -0.1) is 0 Å². The van der Waals surface area contributed by atoms with Gasteiger partial charge in [0.15, 0.2) is 0 Å². The van der Waals surface area contributed by atoms with Crippen LogP contribution < -0.4 is 10.1 Å². The Hall–Kier alpha value is -2.71. The van der Waals surface area contributed by atoms with Crippen LogP contribution in [0.3, 0.4) is 0 Å². The number of nitrogens with one attached hydrogen (secondary N) is 1. The fourth-order valence-corrected chi connectivity index (χ4v) is 5.60. The summed E-state index contributed by atoms with van der Waals surface area (Å²) in [6, 6.07) is 17.4. The SMILES string of the molecule is COc1nc(-c2cccc(-c3cccc(-c4cc(C)c(CCCCO)c(Cl)n4)c3Cl)c2Cl)ccc1CNCCO. The van der Waals surface area contributed by atoms with Crippen LogP contribution >= 0.6 is 34.8 Å². The van der Waals surface area contributed by atoms with E-state index in [1.54, 1.807) is 7.11 Å². The molecule has 4 rings (SSSR count). The normalized spacial score (nSPS) is 11.2. The van der Waals surface area contributed by atoms with Crippen LogP contribution in [0.25, 0.3) is 33.6 Å². The smallest absolute Gasteiger partial charge is 0.218 e. The highest BCUT2D eigenvalue weighted by Gasteiger charge is 2.18. The van der Waals surface area contributed by atoms with Crippen molar-refractivity contribution >= 4 is 34.8 Å². The van der Waals surface area contributed by atoms with E-state index in [2.05, 4.69) is 10.3 Å². The molecule has 0 amide bonds. The van der Waals surface area contributed by atoms with E-state index in [0.29, 0.717) is 45.6 Å². The minimum Gasteiger partial charge on any atom is -0.481 e. The van der Waals surface area contributed by atoms with Crippen molar-refractivity contribution in [3.05, 3.63) is 86.5 Å². The van der Waals surface area contributed by atoms with Crippen LogP contribution in [-0.4, -0.2) is 47.0 Å². The second-order valence-electron chi connectivity index (χ2n) is 9.37. The zero-order valence-electron chi connectivity index (χ0n) is 22.5. The molecule has 0 atom stereocenters. The van der Waals surface area contributed by atoms with Gasteiger partial charge in [0.2, 0.25) is 5.88 Å². The van der Waals surface area contributed by atoms with Gasteiger partial charge in [0.05, 0.1) is 35.1 Å². The largest absolute Gasteiger partial charge is 0.481 e. The molecule has 9 heteroatoms. The summed E-state index contributed by atoms with van der Waals surface area (Å²) in [7, 11) is 1.58. The Morgan fingerprint density at radius 2 is 1.45 bits per heavy atom. The van der Waals surface area contributed by atoms with Crippen LogP contribution in [0.1, 0.15) is 29.5 Å². The lowest BCUT2D eigenvalue weighted by Crippen LogP contribution is -2.18. The third kappa shape index (κ3) is 6.77. The summed E-state index contributed by atoms with van der Waals surface area (Å²) < 4.78 is 5.53. The molecule has 0 fully saturated rings. The van der Waals surface area contributed by atoms with Gasteiger partial charge in [-0.3, -0.25) is 0 Å². The molecule has 210 valence electrons. The Morgan fingerprint density at radius 3 is 2.05 bits per heavy atom. The van der Waals surface area contributed by atoms with Crippen molar-refractivity contribution in [2.45, 2.75) is 32.7 Å². The first-order valence-corrected chi connectivity index (χ1v) is 14.2. The second-order valence-corrected chi connectivity index (χ2v) is 10.5. The molecule has 0 aliphatic heterocycles. The number of aryl methyl sites for hydroxylation is 1. The minimum absolute atomic E-state index is 0.0550. The maximum Gasteiger partial charge on any atom is 0.218 e. The van der Waals surface area contributed by atoms with E-state index in [1.165, 1.54) is 0 Å². The Morgan fingerprint density at radius 1 is 0.800 bits per heavy atom. The number of aliphatic hydroxyl groups is 2. The lowest BCUT2D eigenvalue weighted by molar-refractivity contribution is 0.284. The van der Waals surface area contributed by atoms with Gasteiger partial charge in [-0.25, -0.2) is 9.97 Å². The summed E-state index contributed by atoms with van der Waals surface area (Å²) in [4.78, 5) is 9.36. The molecule has 4 aromatic rings. The van der Waals surface area contributed by atoms with Gasteiger partial charge in [0.1, 0.15) is 5.15 Å². The van der Waals surface area contributed by atoms with Crippen molar-refractivity contribution in [1.29, 1.82) is 0 Å². The number of aliphatic hydroxyl groups excluding tert-OH is 2. The second kappa shape index (κ2) is 14.3. The summed E-state index contributed by atoms with van der Waals surface area (Å²) in [5.74, 6) is 0.488. The molecule has 0 spiro atoms. The van der Waals surface area contributed by atoms with E-state index in [0.717, 1.165) is 58.2 Å². The molecule has 3 N–H and O–H groups in total. The number of halogens is 3. The summed E-state index contributed by atoms with van der Waals surface area (Å²) >= 11 is 20.6. The molecule has 0 saturated heterocycles. The van der Waals surface area contributed by atoms with Crippen LogP contribution in [0.4, 0.5) is 0 Å². The number of aromatic nitrogens is 2. The highest BCUT2D eigenvalue weighted by molar-refractivity contribution is 6.39. The monoisotopic (exact) mass is 599 g/mol. The fraction of sp³-hybridized carbons (Fsp3) is 0.290. The molecule has 0 saturated carbocycles. The molecule has 0 radical (unpaired) electrons. The number of hydrogen-bond donors (Lipinski definition) is 3. The Balaban J connectivity index is 1.70. The molecule has 2 heterocycles. The van der Waals surface area contributed by atoms with Crippen molar-refractivity contribution in [2.24, 2.45) is 0 Å². The highest BCUT2D eigenvalue weighted by Crippen LogP contribution is 2.42. The maximum atomic E-state index is 9.11. The van der Waals surface area contributed by atoms with Gasteiger partial charge < -0.3 is 20.3 Å². The first kappa shape index (κ1) is 30.3. The predicted octanol–water partition coefficient (Wildman–Crippen LogP) is 7.15. The van der Waals surface area contributed by atoms with E-state index < -0.39 is 0 Å². The van der Waals surface area contributed by atoms with Crippen molar-refractivity contribution in [3.8, 4) is 39.5 Å². The van der Waals surface area contributed by atoms with Gasteiger partial charge in [0, 0.05) is 47.5 Å². The molecular formula is C31H32Cl3N3O3. The predicted molar refractivity (Wildman–Crippen MR) is 163 cm³/mol. The first-order valence-electron chi connectivity index (χ1n) is 13.1. The standard InChI is InChI=1S/C31H32Cl3N3O3/c1-19-17-27(36-30(34)21(19)7-3-4-15-38)25-11-6-9-23(29(25)33)22-8-5-10-24(28(22)32)26-13-12-20(18-35-14-16-39)31(37-26)40-2/h5-6,8-13,17,35,38-39H,3-4,7,14-16,18H2,1-2H3. The average molecular weight is 601 g/mol. The molecular weight excluding hydrogens is 569 g/mol. The van der Waals surface area contributed by atoms with Crippen molar-refractivity contribution in [2.75, 3.05) is 26.9 Å². The van der Waals surface area contributed by atoms with Crippen LogP contribution in [-0.2, 0) is 13.0 Å². The van der Waals surface area contributed by atoms with Gasteiger partial charge >= 0.3 is 0 Å². The minimum atomic E-state index is 0.0550. The molecule has 40 heavy (non-hydrogen) atoms. The van der Waals surface area contributed by atoms with Crippen LogP contribution in [0.15, 0.2) is 54.6 Å². The van der Waals surface area contributed by atoms with Gasteiger partial charge in [-0.2, -0.15) is 0 Å². The number of unbranched alkanes of at least 4 members (excludes halogenated alkanes) is 1. The molecule has 2 aromatic carbocycles. The number of hydrogen-bond acceptors (Lipinski definition) is 6. The van der Waals surface area contributed by atoms with E-state index in [-0.39, 0.29) is 13.2 Å². The molecule has 0 bridgehead atoms. The number of ether oxygens (including phenoxy) is 1. The quantitative estimate of drug-likeness (QED) is 0.118. The maximum absolute atomic E-state index is 9.11. The van der Waals surface area contributed by atoms with Gasteiger partial charge in [0.25, 0.3) is 0 Å². The Kier molecular flexibility index (Phi) is 10.8. The van der Waals surface area contributed by atoms with Crippen LogP contribution in [0, 0.1) is 6.92 Å². The molecule has 6 nitrogen and oxygen atoms in total. The summed E-state index contributed by atoms with van der Waals surface area (Å²) in [6.07, 6.45) is 2.32. The Labute approximate surface area is 249 Å². The van der Waals surface area contributed by atoms with Gasteiger partial charge in [-0.1, -0.05) is 77.3 Å². The van der Waals surface area contributed by atoms with Crippen molar-refractivity contribution < 1.29 is 14.9 Å². The number of methoxy groups -OCH3 is 1. The van der Waals surface area contributed by atoms with E-state index >= 15 is 0 Å². The van der Waals surface area contributed by atoms with E-state index in [1.807, 2.05) is 61.5 Å². The molecule has 0 aliphatic rings. The topological polar surface area (TPSA) is 87.5 Å². The lowest BCUT2D eigenvalue weighted by atomic mass is 9.97. The number of nitrogens with zero attached hydrogens (tertiary/aromatic N) is 2. The zero-order chi connectivity index (χ0) is 28.6. The first-order chi connectivity index (χ1) is 19.4. The van der Waals surface area contributed by atoms with Crippen LogP contribution in [0.2, 0.25) is 15.2 Å². The summed E-state index contributed by atoms with van der Waals surface area (Å²) in [6.45, 7) is 3.23. The molecule has 0 unspecified atom stereocenters. The highest BCUT2D eigenvalue weighted by atomic mass is 35.5. The zero-order valence-corrected chi connectivity index (χ0v) is 24.7. The third-order valence-electron chi connectivity index (χ3n) is 6.71. The van der Waals surface area contributed by atoms with Gasteiger partial charge in [-0.05, 0) is 49.4 Å². The van der Waals surface area contributed by atoms with E-state index in [4.69, 9.17) is 54.7 Å². The third-order valence-corrected chi connectivity index (χ3v) is 7.83. The summed E-state index contributed by atoms with van der Waals surface area (Å²) in [5.41, 5.74) is 7.29. The number of pyridine rings is 2. The average Bonchev–Trinajstić information content (AvgIpc) is 2.95. The summed E-state index contributed by atoms with van der Waals surface area (Å²) in [5, 5.41) is 22.8.